The lowest BCUT2D eigenvalue weighted by atomic mass is 10.00. The third-order valence-corrected chi connectivity index (χ3v) is 6.77. The van der Waals surface area contributed by atoms with Gasteiger partial charge in [0, 0.05) is 35.8 Å². The zero-order chi connectivity index (χ0) is 31.8. The van der Waals surface area contributed by atoms with E-state index in [0.29, 0.717) is 22.6 Å². The highest BCUT2D eigenvalue weighted by Gasteiger charge is 2.30. The van der Waals surface area contributed by atoms with Crippen LogP contribution in [0.5, 0.6) is 0 Å². The highest BCUT2D eigenvalue weighted by Crippen LogP contribution is 2.19. The fraction of sp³-hybridized carbons (Fsp3) is 0.161. The van der Waals surface area contributed by atoms with E-state index in [9.17, 15) is 24.3 Å². The molecule has 228 valence electrons. The molecular weight excluding hydrogens is 580 g/mol. The lowest BCUT2D eigenvalue weighted by molar-refractivity contribution is -0.125. The highest BCUT2D eigenvalue weighted by atomic mass is 16.4. The fourth-order valence-corrected chi connectivity index (χ4v) is 4.47. The van der Waals surface area contributed by atoms with Crippen LogP contribution in [0.25, 0.3) is 11.4 Å². The Labute approximate surface area is 255 Å². The second kappa shape index (κ2) is 14.0. The summed E-state index contributed by atoms with van der Waals surface area (Å²) < 4.78 is 5.52. The monoisotopic (exact) mass is 608 g/mol. The van der Waals surface area contributed by atoms with Gasteiger partial charge in [-0.3, -0.25) is 24.2 Å². The Morgan fingerprint density at radius 1 is 0.911 bits per heavy atom. The largest absolute Gasteiger partial charge is 0.445 e. The van der Waals surface area contributed by atoms with Crippen molar-refractivity contribution in [2.24, 2.45) is 0 Å². The third kappa shape index (κ3) is 7.88. The van der Waals surface area contributed by atoms with Crippen LogP contribution < -0.4 is 21.4 Å². The van der Waals surface area contributed by atoms with Crippen LogP contribution in [0.2, 0.25) is 0 Å². The van der Waals surface area contributed by atoms with Crippen molar-refractivity contribution in [3.05, 3.63) is 124 Å². The van der Waals surface area contributed by atoms with E-state index in [-0.39, 0.29) is 12.2 Å². The maximum atomic E-state index is 13.3. The number of nitrogens with zero attached hydrogens (tertiary/aromatic N) is 4. The van der Waals surface area contributed by atoms with Crippen LogP contribution in [-0.4, -0.2) is 60.6 Å². The van der Waals surface area contributed by atoms with Gasteiger partial charge in [-0.2, -0.15) is 5.21 Å². The summed E-state index contributed by atoms with van der Waals surface area (Å²) in [6, 6.07) is 19.2. The lowest BCUT2D eigenvalue weighted by Crippen LogP contribution is -2.50. The minimum atomic E-state index is -1.73. The van der Waals surface area contributed by atoms with Crippen LogP contribution in [0.3, 0.4) is 0 Å². The molecule has 3 aromatic heterocycles. The molecule has 5 aromatic rings. The molecule has 2 aromatic carbocycles. The Kier molecular flexibility index (Phi) is 9.45. The summed E-state index contributed by atoms with van der Waals surface area (Å²) in [5, 5.41) is 32.8. The summed E-state index contributed by atoms with van der Waals surface area (Å²) in [5.41, 5.74) is 1.75. The molecule has 0 aliphatic rings. The fourth-order valence-electron chi connectivity index (χ4n) is 4.47. The number of amides is 3. The number of aliphatic hydroxyl groups excluding tert-OH is 1. The average Bonchev–Trinajstić information content (AvgIpc) is 3.60. The van der Waals surface area contributed by atoms with Gasteiger partial charge in [0.15, 0.2) is 23.1 Å². The first-order valence-electron chi connectivity index (χ1n) is 13.8. The molecule has 3 atom stereocenters. The van der Waals surface area contributed by atoms with E-state index in [1.54, 1.807) is 86.0 Å². The molecule has 0 saturated carbocycles. The van der Waals surface area contributed by atoms with Gasteiger partial charge in [0.1, 0.15) is 0 Å². The summed E-state index contributed by atoms with van der Waals surface area (Å²) in [5.74, 6) is -2.97. The summed E-state index contributed by atoms with van der Waals surface area (Å²) in [4.78, 5) is 55.8. The standard InChI is InChI=1S/C31H28N8O6/c1-18(20-10-12-32-13-11-20)33-29(42)25-16-23(40)17-26(45-25)30(43)35-24(14-19-6-3-2-4-7-19)27(41)31(44)34-22-9-5-8-21(15-22)28-36-38-39-37-28/h2-13,15-18,24,27,41H,14H2,1H3,(H,33,42)(H,34,44)(H,35,43)(H,36,37,38,39)/t18?,24-,27-/m0/s1. The minimum Gasteiger partial charge on any atom is -0.445 e. The number of aromatic amines is 1. The molecule has 0 fully saturated rings. The third-order valence-electron chi connectivity index (χ3n) is 6.77. The topological polar surface area (TPSA) is 205 Å². The molecule has 0 saturated heterocycles. The molecule has 14 nitrogen and oxygen atoms in total. The number of hydrogen-bond donors (Lipinski definition) is 5. The molecule has 5 rings (SSSR count). The van der Waals surface area contributed by atoms with Crippen LogP contribution >= 0.6 is 0 Å². The molecule has 0 bridgehead atoms. The van der Waals surface area contributed by atoms with Gasteiger partial charge in [-0.05, 0) is 54.0 Å². The lowest BCUT2D eigenvalue weighted by Gasteiger charge is -2.24. The van der Waals surface area contributed by atoms with Crippen LogP contribution in [0.15, 0.2) is 100 Å². The molecule has 0 aliphatic heterocycles. The van der Waals surface area contributed by atoms with Crippen molar-refractivity contribution < 1.29 is 23.9 Å². The van der Waals surface area contributed by atoms with Crippen molar-refractivity contribution in [3.63, 3.8) is 0 Å². The Bertz CT molecular complexity index is 1830. The number of rotatable bonds is 11. The summed E-state index contributed by atoms with van der Waals surface area (Å²) in [7, 11) is 0. The van der Waals surface area contributed by atoms with Gasteiger partial charge < -0.3 is 25.5 Å². The molecule has 0 aliphatic carbocycles. The molecule has 45 heavy (non-hydrogen) atoms. The molecular formula is C31H28N8O6. The number of nitrogens with one attached hydrogen (secondary N) is 4. The zero-order valence-corrected chi connectivity index (χ0v) is 23.9. The predicted octanol–water partition coefficient (Wildman–Crippen LogP) is 2.05. The van der Waals surface area contributed by atoms with Crippen LogP contribution in [0.4, 0.5) is 5.69 Å². The normalized spacial score (nSPS) is 12.8. The van der Waals surface area contributed by atoms with Crippen molar-refractivity contribution in [2.75, 3.05) is 5.32 Å². The summed E-state index contributed by atoms with van der Waals surface area (Å²) in [6.45, 7) is 1.74. The van der Waals surface area contributed by atoms with Gasteiger partial charge in [-0.1, -0.05) is 42.5 Å². The number of benzene rings is 2. The Morgan fingerprint density at radius 3 is 2.31 bits per heavy atom. The maximum Gasteiger partial charge on any atom is 0.287 e. The van der Waals surface area contributed by atoms with Gasteiger partial charge in [-0.15, -0.1) is 10.2 Å². The van der Waals surface area contributed by atoms with Crippen LogP contribution in [-0.2, 0) is 11.2 Å². The van der Waals surface area contributed by atoms with Gasteiger partial charge in [0.25, 0.3) is 17.7 Å². The average molecular weight is 609 g/mol. The van der Waals surface area contributed by atoms with E-state index in [0.717, 1.165) is 17.7 Å². The maximum absolute atomic E-state index is 13.3. The minimum absolute atomic E-state index is 0.0535. The highest BCUT2D eigenvalue weighted by molar-refractivity contribution is 5.97. The van der Waals surface area contributed by atoms with E-state index in [2.05, 4.69) is 41.6 Å². The second-order valence-electron chi connectivity index (χ2n) is 10.0. The SMILES string of the molecule is CC(NC(=O)c1cc(=O)cc(C(=O)N[C@@H](Cc2ccccc2)[C@H](O)C(=O)Nc2cccc(-c3nn[nH]n3)c2)o1)c1ccncc1. The first kappa shape index (κ1) is 30.4. The smallest absolute Gasteiger partial charge is 0.287 e. The van der Waals surface area contributed by atoms with Crippen molar-refractivity contribution in [3.8, 4) is 11.4 Å². The van der Waals surface area contributed by atoms with E-state index >= 15 is 0 Å². The number of H-pyrrole nitrogens is 1. The van der Waals surface area contributed by atoms with Crippen molar-refractivity contribution in [1.29, 1.82) is 0 Å². The number of aromatic nitrogens is 5. The zero-order valence-electron chi connectivity index (χ0n) is 23.9. The molecule has 14 heteroatoms. The van der Waals surface area contributed by atoms with Crippen LogP contribution in [0.1, 0.15) is 45.2 Å². The molecule has 3 heterocycles. The number of carbonyl (C=O) groups excluding carboxylic acids is 3. The second-order valence-corrected chi connectivity index (χ2v) is 10.0. The molecule has 5 N–H and O–H groups in total. The summed E-state index contributed by atoms with van der Waals surface area (Å²) in [6.07, 6.45) is 1.48. The molecule has 3 amide bonds. The number of tetrazole rings is 1. The quantitative estimate of drug-likeness (QED) is 0.148. The first-order valence-corrected chi connectivity index (χ1v) is 13.8. The Balaban J connectivity index is 1.33. The van der Waals surface area contributed by atoms with E-state index in [4.69, 9.17) is 4.42 Å². The van der Waals surface area contributed by atoms with Gasteiger partial charge >= 0.3 is 0 Å². The van der Waals surface area contributed by atoms with Crippen molar-refractivity contribution in [2.45, 2.75) is 31.5 Å². The number of anilines is 1. The van der Waals surface area contributed by atoms with Gasteiger partial charge in [-0.25, -0.2) is 0 Å². The first-order chi connectivity index (χ1) is 21.8. The predicted molar refractivity (Wildman–Crippen MR) is 161 cm³/mol. The summed E-state index contributed by atoms with van der Waals surface area (Å²) >= 11 is 0. The van der Waals surface area contributed by atoms with E-state index in [1.807, 2.05) is 0 Å². The molecule has 0 spiro atoms. The van der Waals surface area contributed by atoms with Crippen molar-refractivity contribution in [1.82, 2.24) is 36.2 Å². The van der Waals surface area contributed by atoms with Crippen LogP contribution in [0, 0.1) is 0 Å². The Hall–Kier alpha value is -6.02. The molecule has 0 radical (unpaired) electrons. The Morgan fingerprint density at radius 2 is 1.62 bits per heavy atom. The van der Waals surface area contributed by atoms with Gasteiger partial charge in [0.2, 0.25) is 5.82 Å². The number of carbonyl (C=O) groups is 3. The number of pyridine rings is 1. The van der Waals surface area contributed by atoms with Gasteiger partial charge in [0.05, 0.1) is 12.1 Å². The number of hydrogen-bond acceptors (Lipinski definition) is 10. The molecule has 1 unspecified atom stereocenters. The van der Waals surface area contributed by atoms with E-state index in [1.165, 1.54) is 0 Å². The van der Waals surface area contributed by atoms with E-state index < -0.39 is 47.1 Å². The van der Waals surface area contributed by atoms with Crippen molar-refractivity contribution >= 4 is 23.4 Å². The number of aliphatic hydroxyl groups is 1.